The van der Waals surface area contributed by atoms with Gasteiger partial charge in [0.2, 0.25) is 0 Å². The molecule has 0 saturated heterocycles. The van der Waals surface area contributed by atoms with E-state index in [9.17, 15) is 0 Å². The Bertz CT molecular complexity index is 700. The molecule has 0 spiro atoms. The van der Waals surface area contributed by atoms with Gasteiger partial charge in [-0.1, -0.05) is 80.1 Å². The van der Waals surface area contributed by atoms with E-state index in [1.807, 2.05) is 0 Å². The highest BCUT2D eigenvalue weighted by Gasteiger charge is 2.36. The molecule has 0 radical (unpaired) electrons. The van der Waals surface area contributed by atoms with Crippen LogP contribution in [-0.2, 0) is 0 Å². The van der Waals surface area contributed by atoms with Gasteiger partial charge in [0.15, 0.2) is 0 Å². The van der Waals surface area contributed by atoms with Crippen molar-refractivity contribution in [3.8, 4) is 0 Å². The number of benzene rings is 1. The van der Waals surface area contributed by atoms with Crippen molar-refractivity contribution in [1.82, 2.24) is 0 Å². The monoisotopic (exact) mass is 322 g/mol. The summed E-state index contributed by atoms with van der Waals surface area (Å²) in [5.41, 5.74) is 3.76. The first-order valence-electron chi connectivity index (χ1n) is 8.58. The van der Waals surface area contributed by atoms with Crippen LogP contribution >= 0.6 is 7.92 Å². The van der Waals surface area contributed by atoms with Crippen LogP contribution in [0.2, 0.25) is 0 Å². The van der Waals surface area contributed by atoms with Gasteiger partial charge in [0, 0.05) is 5.66 Å². The molecule has 0 nitrogen and oxygen atoms in total. The molecule has 0 heterocycles. The van der Waals surface area contributed by atoms with Crippen LogP contribution in [0.25, 0.3) is 0 Å². The van der Waals surface area contributed by atoms with Crippen molar-refractivity contribution in [2.24, 2.45) is 5.41 Å². The maximum absolute atomic E-state index is 2.45. The third kappa shape index (κ3) is 3.29. The zero-order chi connectivity index (χ0) is 16.4. The zero-order valence-electron chi connectivity index (χ0n) is 14.7. The highest BCUT2D eigenvalue weighted by atomic mass is 31.1. The fourth-order valence-electron chi connectivity index (χ4n) is 3.55. The average molecular weight is 322 g/mol. The molecule has 2 aliphatic carbocycles. The Kier molecular flexibility index (Phi) is 4.74. The fourth-order valence-corrected chi connectivity index (χ4v) is 6.92. The van der Waals surface area contributed by atoms with E-state index in [0.717, 1.165) is 0 Å². The molecule has 0 fully saturated rings. The molecule has 2 unspecified atom stereocenters. The maximum atomic E-state index is 2.45. The van der Waals surface area contributed by atoms with Crippen molar-refractivity contribution in [2.45, 2.75) is 46.2 Å². The number of aryl methyl sites for hydroxylation is 1. The Labute approximate surface area is 142 Å². The topological polar surface area (TPSA) is 0 Å². The first kappa shape index (κ1) is 16.5. The third-order valence-electron chi connectivity index (χ3n) is 5.00. The summed E-state index contributed by atoms with van der Waals surface area (Å²) in [6, 6.07) is 8.98. The van der Waals surface area contributed by atoms with Crippen LogP contribution in [0.4, 0.5) is 0 Å². The molecule has 1 aromatic carbocycles. The van der Waals surface area contributed by atoms with Crippen molar-refractivity contribution < 1.29 is 0 Å². The summed E-state index contributed by atoms with van der Waals surface area (Å²) in [4.78, 5) is 0. The molecule has 1 heteroatoms. The Morgan fingerprint density at radius 1 is 1.09 bits per heavy atom. The molecule has 120 valence electrons. The van der Waals surface area contributed by atoms with Gasteiger partial charge < -0.3 is 0 Å². The van der Waals surface area contributed by atoms with Gasteiger partial charge in [-0.05, 0) is 56.2 Å². The Balaban J connectivity index is 2.15. The van der Waals surface area contributed by atoms with E-state index in [1.165, 1.54) is 18.4 Å². The summed E-state index contributed by atoms with van der Waals surface area (Å²) < 4.78 is 0. The molecule has 2 atom stereocenters. The van der Waals surface area contributed by atoms with Gasteiger partial charge in [-0.25, -0.2) is 0 Å². The quantitative estimate of drug-likeness (QED) is 0.577. The minimum absolute atomic E-state index is 0.196. The highest BCUT2D eigenvalue weighted by molar-refractivity contribution is 7.71. The Morgan fingerprint density at radius 3 is 2.57 bits per heavy atom. The smallest absolute Gasteiger partial charge is 0.0140 e. The van der Waals surface area contributed by atoms with Gasteiger partial charge in [-0.3, -0.25) is 0 Å². The number of allylic oxidation sites excluding steroid dienone is 8. The molecule has 0 aromatic heterocycles. The molecular formula is C22H27P. The van der Waals surface area contributed by atoms with E-state index in [0.29, 0.717) is 5.66 Å². The maximum Gasteiger partial charge on any atom is 0.0140 e. The minimum atomic E-state index is -0.385. The summed E-state index contributed by atoms with van der Waals surface area (Å²) in [5.74, 6) is 0. The van der Waals surface area contributed by atoms with Gasteiger partial charge >= 0.3 is 0 Å². The molecule has 3 rings (SSSR count). The first-order chi connectivity index (χ1) is 11.0. The lowest BCUT2D eigenvalue weighted by atomic mass is 9.86. The number of hydrogen-bond acceptors (Lipinski definition) is 0. The molecule has 0 saturated carbocycles. The lowest BCUT2D eigenvalue weighted by Crippen LogP contribution is -2.30. The van der Waals surface area contributed by atoms with E-state index in [2.05, 4.69) is 88.4 Å². The molecule has 0 bridgehead atoms. The SMILES string of the molecule is CC1=C(P(c2ccccc2C)C2C=CC=CC2(C)C)C=CCC1. The zero-order valence-corrected chi connectivity index (χ0v) is 15.6. The molecule has 2 aliphatic rings. The Morgan fingerprint density at radius 2 is 1.87 bits per heavy atom. The van der Waals surface area contributed by atoms with Crippen molar-refractivity contribution in [2.75, 3.05) is 0 Å². The van der Waals surface area contributed by atoms with E-state index >= 15 is 0 Å². The average Bonchev–Trinajstić information content (AvgIpc) is 2.52. The van der Waals surface area contributed by atoms with Crippen LogP contribution in [0.1, 0.15) is 39.2 Å². The van der Waals surface area contributed by atoms with Gasteiger partial charge in [0.25, 0.3) is 0 Å². The summed E-state index contributed by atoms with van der Waals surface area (Å²) in [6.45, 7) is 9.37. The molecule has 23 heavy (non-hydrogen) atoms. The minimum Gasteiger partial charge on any atom is -0.0836 e. The summed E-state index contributed by atoms with van der Waals surface area (Å²) in [5, 5.41) is 3.14. The molecule has 0 amide bonds. The van der Waals surface area contributed by atoms with Crippen molar-refractivity contribution in [3.05, 3.63) is 77.2 Å². The molecular weight excluding hydrogens is 295 g/mol. The van der Waals surface area contributed by atoms with Crippen LogP contribution in [0.15, 0.2) is 71.6 Å². The number of hydrogen-bond donors (Lipinski definition) is 0. The predicted octanol–water partition coefficient (Wildman–Crippen LogP) is 6.25. The van der Waals surface area contributed by atoms with E-state index in [-0.39, 0.29) is 13.3 Å². The molecule has 0 N–H and O–H groups in total. The Hall–Kier alpha value is -1.39. The third-order valence-corrected chi connectivity index (χ3v) is 8.47. The van der Waals surface area contributed by atoms with Crippen molar-refractivity contribution in [1.29, 1.82) is 0 Å². The second-order valence-corrected chi connectivity index (χ2v) is 9.53. The standard InChI is InChI=1S/C22H27P/c1-17-11-5-7-13-19(17)23(20-14-8-6-12-18(20)2)21-15-9-10-16-22(21,3)4/h5,7-11,13-16,21H,6,12H2,1-4H3. The lowest BCUT2D eigenvalue weighted by Gasteiger charge is -2.40. The van der Waals surface area contributed by atoms with Crippen molar-refractivity contribution >= 4 is 13.2 Å². The van der Waals surface area contributed by atoms with Crippen LogP contribution in [0.3, 0.4) is 0 Å². The van der Waals surface area contributed by atoms with Crippen LogP contribution in [-0.4, -0.2) is 5.66 Å². The first-order valence-corrected chi connectivity index (χ1v) is 9.99. The number of rotatable bonds is 3. The van der Waals surface area contributed by atoms with Gasteiger partial charge in [0.05, 0.1) is 0 Å². The predicted molar refractivity (Wildman–Crippen MR) is 105 cm³/mol. The van der Waals surface area contributed by atoms with E-state index < -0.39 is 0 Å². The summed E-state index contributed by atoms with van der Waals surface area (Å²) >= 11 is 0. The summed E-state index contributed by atoms with van der Waals surface area (Å²) in [6.07, 6.45) is 16.5. The van der Waals surface area contributed by atoms with E-state index in [1.54, 1.807) is 16.2 Å². The van der Waals surface area contributed by atoms with Crippen LogP contribution in [0.5, 0.6) is 0 Å². The molecule has 0 aliphatic heterocycles. The second kappa shape index (κ2) is 6.62. The largest absolute Gasteiger partial charge is 0.0836 e. The van der Waals surface area contributed by atoms with E-state index in [4.69, 9.17) is 0 Å². The van der Waals surface area contributed by atoms with Crippen molar-refractivity contribution in [3.63, 3.8) is 0 Å². The van der Waals surface area contributed by atoms with Gasteiger partial charge in [-0.15, -0.1) is 0 Å². The van der Waals surface area contributed by atoms with Crippen LogP contribution < -0.4 is 5.30 Å². The fraction of sp³-hybridized carbons (Fsp3) is 0.364. The summed E-state index contributed by atoms with van der Waals surface area (Å²) in [7, 11) is -0.385. The normalized spacial score (nSPS) is 24.1. The second-order valence-electron chi connectivity index (χ2n) is 7.27. The van der Waals surface area contributed by atoms with Gasteiger partial charge in [-0.2, -0.15) is 0 Å². The lowest BCUT2D eigenvalue weighted by molar-refractivity contribution is 0.493. The van der Waals surface area contributed by atoms with Crippen LogP contribution in [0, 0.1) is 12.3 Å². The van der Waals surface area contributed by atoms with Gasteiger partial charge in [0.1, 0.15) is 0 Å². The molecule has 1 aromatic rings. The highest BCUT2D eigenvalue weighted by Crippen LogP contribution is 2.58.